The molecule has 20 heavy (non-hydrogen) atoms. The summed E-state index contributed by atoms with van der Waals surface area (Å²) in [6.07, 6.45) is 3.33. The molecule has 2 aromatic heterocycles. The van der Waals surface area contributed by atoms with E-state index in [1.165, 1.54) is 6.20 Å². The largest absolute Gasteiger partial charge is 0.361 e. The molecular weight excluding hydrogens is 388 g/mol. The van der Waals surface area contributed by atoms with Crippen LogP contribution >= 0.6 is 31.9 Å². The van der Waals surface area contributed by atoms with Gasteiger partial charge < -0.3 is 10.3 Å². The Labute approximate surface area is 131 Å². The standard InChI is InChI=1S/C13H8Br2N4O/c14-10-6-17-12(11(15)18-10)19-13(20)8-2-1-3-9-7(8)4-5-16-9/h1-6,16H,(H,17,19,20). The van der Waals surface area contributed by atoms with Crippen molar-refractivity contribution in [3.8, 4) is 0 Å². The second-order valence-electron chi connectivity index (χ2n) is 4.03. The molecule has 1 aromatic carbocycles. The highest BCUT2D eigenvalue weighted by molar-refractivity contribution is 9.11. The SMILES string of the molecule is O=C(Nc1ncc(Br)nc1Br)c1cccc2[nH]ccc12. The zero-order valence-corrected chi connectivity index (χ0v) is 13.2. The maximum atomic E-state index is 12.3. The third-order valence-corrected chi connectivity index (χ3v) is 3.71. The van der Waals surface area contributed by atoms with Crippen molar-refractivity contribution in [3.63, 3.8) is 0 Å². The maximum Gasteiger partial charge on any atom is 0.257 e. The van der Waals surface area contributed by atoms with E-state index in [1.54, 1.807) is 12.3 Å². The van der Waals surface area contributed by atoms with Gasteiger partial charge in [0.05, 0.1) is 6.20 Å². The summed E-state index contributed by atoms with van der Waals surface area (Å²) in [6.45, 7) is 0. The first-order valence-electron chi connectivity index (χ1n) is 5.70. The number of fused-ring (bicyclic) bond motifs is 1. The zero-order valence-electron chi connectivity index (χ0n) is 10.0. The van der Waals surface area contributed by atoms with Crippen molar-refractivity contribution in [2.24, 2.45) is 0 Å². The van der Waals surface area contributed by atoms with Gasteiger partial charge in [-0.1, -0.05) is 6.07 Å². The Kier molecular flexibility index (Phi) is 3.54. The van der Waals surface area contributed by atoms with Crippen molar-refractivity contribution in [1.29, 1.82) is 0 Å². The summed E-state index contributed by atoms with van der Waals surface area (Å²) in [4.78, 5) is 23.6. The molecular formula is C13H8Br2N4O. The van der Waals surface area contributed by atoms with Gasteiger partial charge in [-0.25, -0.2) is 9.97 Å². The van der Waals surface area contributed by atoms with Crippen molar-refractivity contribution in [2.45, 2.75) is 0 Å². The number of aromatic nitrogens is 3. The third-order valence-electron chi connectivity index (χ3n) is 2.77. The van der Waals surface area contributed by atoms with E-state index >= 15 is 0 Å². The van der Waals surface area contributed by atoms with Crippen LogP contribution in [-0.2, 0) is 0 Å². The number of rotatable bonds is 2. The molecule has 0 spiro atoms. The summed E-state index contributed by atoms with van der Waals surface area (Å²) >= 11 is 6.48. The predicted octanol–water partition coefficient (Wildman–Crippen LogP) is 3.74. The van der Waals surface area contributed by atoms with E-state index in [0.717, 1.165) is 10.9 Å². The predicted molar refractivity (Wildman–Crippen MR) is 83.7 cm³/mol. The molecule has 2 heterocycles. The minimum Gasteiger partial charge on any atom is -0.361 e. The highest BCUT2D eigenvalue weighted by atomic mass is 79.9. The van der Waals surface area contributed by atoms with E-state index in [4.69, 9.17) is 0 Å². The summed E-state index contributed by atoms with van der Waals surface area (Å²) in [5, 5.41) is 3.61. The van der Waals surface area contributed by atoms with Gasteiger partial charge in [0.15, 0.2) is 5.82 Å². The first kappa shape index (κ1) is 13.3. The topological polar surface area (TPSA) is 70.7 Å². The minimum absolute atomic E-state index is 0.229. The molecule has 3 aromatic rings. The molecule has 0 bridgehead atoms. The number of halogens is 2. The van der Waals surface area contributed by atoms with E-state index in [-0.39, 0.29) is 5.91 Å². The lowest BCUT2D eigenvalue weighted by molar-refractivity contribution is 0.102. The van der Waals surface area contributed by atoms with Gasteiger partial charge in [0.25, 0.3) is 5.91 Å². The second kappa shape index (κ2) is 5.34. The molecule has 0 aliphatic carbocycles. The number of carbonyl (C=O) groups excluding carboxylic acids is 1. The van der Waals surface area contributed by atoms with Crippen LogP contribution in [0.1, 0.15) is 10.4 Å². The highest BCUT2D eigenvalue weighted by Gasteiger charge is 2.13. The molecule has 2 N–H and O–H groups in total. The Morgan fingerprint density at radius 2 is 2.10 bits per heavy atom. The second-order valence-corrected chi connectivity index (χ2v) is 5.59. The molecule has 100 valence electrons. The fourth-order valence-electron chi connectivity index (χ4n) is 1.89. The fourth-order valence-corrected chi connectivity index (χ4v) is 2.80. The summed E-state index contributed by atoms with van der Waals surface area (Å²) in [5.41, 5.74) is 1.50. The lowest BCUT2D eigenvalue weighted by Gasteiger charge is -2.07. The Morgan fingerprint density at radius 1 is 1.25 bits per heavy atom. The van der Waals surface area contributed by atoms with Gasteiger partial charge in [0, 0.05) is 22.7 Å². The van der Waals surface area contributed by atoms with Crippen LogP contribution in [0.3, 0.4) is 0 Å². The van der Waals surface area contributed by atoms with Crippen molar-refractivity contribution in [3.05, 3.63) is 51.4 Å². The van der Waals surface area contributed by atoms with Crippen LogP contribution in [0.15, 0.2) is 45.9 Å². The van der Waals surface area contributed by atoms with Crippen LogP contribution in [0.5, 0.6) is 0 Å². The quantitative estimate of drug-likeness (QED) is 0.694. The first-order chi connectivity index (χ1) is 9.65. The average molecular weight is 396 g/mol. The number of benzene rings is 1. The van der Waals surface area contributed by atoms with Gasteiger partial charge >= 0.3 is 0 Å². The van der Waals surface area contributed by atoms with Gasteiger partial charge in [-0.2, -0.15) is 0 Å². The van der Waals surface area contributed by atoms with Gasteiger partial charge in [0.1, 0.15) is 9.21 Å². The van der Waals surface area contributed by atoms with Crippen LogP contribution in [0.2, 0.25) is 0 Å². The third kappa shape index (κ3) is 2.46. The Balaban J connectivity index is 1.95. The summed E-state index contributed by atoms with van der Waals surface area (Å²) in [5.74, 6) is 0.151. The Morgan fingerprint density at radius 3 is 2.90 bits per heavy atom. The molecule has 0 aliphatic rings. The molecule has 0 aliphatic heterocycles. The summed E-state index contributed by atoms with van der Waals surface area (Å²) < 4.78 is 1.07. The lowest BCUT2D eigenvalue weighted by Crippen LogP contribution is -2.14. The number of anilines is 1. The van der Waals surface area contributed by atoms with E-state index in [9.17, 15) is 4.79 Å². The van der Waals surface area contributed by atoms with Gasteiger partial charge in [-0.15, -0.1) is 0 Å². The highest BCUT2D eigenvalue weighted by Crippen LogP contribution is 2.22. The van der Waals surface area contributed by atoms with Gasteiger partial charge in [0.2, 0.25) is 0 Å². The molecule has 5 nitrogen and oxygen atoms in total. The number of carbonyl (C=O) groups is 1. The molecule has 0 saturated heterocycles. The van der Waals surface area contributed by atoms with Crippen molar-refractivity contribution >= 4 is 54.5 Å². The number of nitrogens with zero attached hydrogens (tertiary/aromatic N) is 2. The van der Waals surface area contributed by atoms with Gasteiger partial charge in [-0.05, 0) is 50.1 Å². The fraction of sp³-hybridized carbons (Fsp3) is 0. The Hall–Kier alpha value is -1.73. The van der Waals surface area contributed by atoms with Crippen LogP contribution in [0.4, 0.5) is 5.82 Å². The number of hydrogen-bond donors (Lipinski definition) is 2. The smallest absolute Gasteiger partial charge is 0.257 e. The summed E-state index contributed by atoms with van der Waals surface area (Å²) in [7, 11) is 0. The zero-order chi connectivity index (χ0) is 14.1. The monoisotopic (exact) mass is 394 g/mol. The normalized spacial score (nSPS) is 10.7. The minimum atomic E-state index is -0.229. The number of aromatic amines is 1. The van der Waals surface area contributed by atoms with E-state index < -0.39 is 0 Å². The molecule has 0 fully saturated rings. The van der Waals surface area contributed by atoms with Crippen LogP contribution in [0, 0.1) is 0 Å². The van der Waals surface area contributed by atoms with E-state index in [1.807, 2.05) is 18.2 Å². The number of amides is 1. The molecule has 1 amide bonds. The molecule has 0 saturated carbocycles. The summed E-state index contributed by atoms with van der Waals surface area (Å²) in [6, 6.07) is 7.38. The van der Waals surface area contributed by atoms with Crippen LogP contribution < -0.4 is 5.32 Å². The molecule has 7 heteroatoms. The lowest BCUT2D eigenvalue weighted by atomic mass is 10.1. The molecule has 3 rings (SSSR count). The van der Waals surface area contributed by atoms with Gasteiger partial charge in [-0.3, -0.25) is 4.79 Å². The Bertz CT molecular complexity index is 800. The van der Waals surface area contributed by atoms with Crippen molar-refractivity contribution < 1.29 is 4.79 Å². The van der Waals surface area contributed by atoms with Crippen molar-refractivity contribution in [2.75, 3.05) is 5.32 Å². The number of nitrogens with one attached hydrogen (secondary N) is 2. The molecule has 0 atom stereocenters. The number of hydrogen-bond acceptors (Lipinski definition) is 3. The molecule has 0 radical (unpaired) electrons. The first-order valence-corrected chi connectivity index (χ1v) is 7.29. The maximum absolute atomic E-state index is 12.3. The van der Waals surface area contributed by atoms with E-state index in [2.05, 4.69) is 52.1 Å². The van der Waals surface area contributed by atoms with Crippen molar-refractivity contribution in [1.82, 2.24) is 15.0 Å². The van der Waals surface area contributed by atoms with Crippen LogP contribution in [0.25, 0.3) is 10.9 Å². The number of H-pyrrole nitrogens is 1. The average Bonchev–Trinajstić information content (AvgIpc) is 2.90. The molecule has 0 unspecified atom stereocenters. The van der Waals surface area contributed by atoms with E-state index in [0.29, 0.717) is 20.6 Å². The van der Waals surface area contributed by atoms with Crippen LogP contribution in [-0.4, -0.2) is 20.9 Å².